The highest BCUT2D eigenvalue weighted by atomic mass is 35.5. The van der Waals surface area contributed by atoms with Crippen LogP contribution in [0.25, 0.3) is 0 Å². The average Bonchev–Trinajstić information content (AvgIpc) is 2.37. The second-order valence-corrected chi connectivity index (χ2v) is 2.44. The zero-order valence-electron chi connectivity index (χ0n) is 5.15. The van der Waals surface area contributed by atoms with Crippen molar-refractivity contribution in [2.45, 2.75) is 6.04 Å². The minimum absolute atomic E-state index is 0. The first-order chi connectivity index (χ1) is 4.34. The van der Waals surface area contributed by atoms with E-state index in [0.29, 0.717) is 0 Å². The van der Waals surface area contributed by atoms with Gasteiger partial charge in [-0.2, -0.15) is 16.6 Å². The molecule has 1 heterocycles. The Labute approximate surface area is 69.7 Å². The molecule has 10 heavy (non-hydrogen) atoms. The van der Waals surface area contributed by atoms with Crippen LogP contribution in [0.3, 0.4) is 0 Å². The minimum atomic E-state index is -0.448. The number of nitrogens with two attached hydrogens (primary N) is 1. The molecule has 0 aliphatic rings. The van der Waals surface area contributed by atoms with E-state index >= 15 is 0 Å². The summed E-state index contributed by atoms with van der Waals surface area (Å²) in [5.41, 5.74) is 6.29. The summed E-state index contributed by atoms with van der Waals surface area (Å²) in [6, 6.07) is 3.36. The molecule has 0 radical (unpaired) electrons. The molecule has 2 N–H and O–H groups in total. The monoisotopic (exact) mass is 174 g/mol. The highest BCUT2D eigenvalue weighted by Gasteiger charge is 2.01. The Kier molecular flexibility index (Phi) is 4.05. The SMILES string of the molecule is Cl.N#CC(N)c1ccsc1. The molecule has 1 atom stereocenters. The summed E-state index contributed by atoms with van der Waals surface area (Å²) >= 11 is 1.55. The van der Waals surface area contributed by atoms with Crippen LogP contribution in [-0.4, -0.2) is 0 Å². The second-order valence-electron chi connectivity index (χ2n) is 1.66. The molecule has 4 heteroatoms. The second kappa shape index (κ2) is 4.29. The highest BCUT2D eigenvalue weighted by Crippen LogP contribution is 2.12. The topological polar surface area (TPSA) is 49.8 Å². The number of rotatable bonds is 1. The van der Waals surface area contributed by atoms with Crippen LogP contribution in [0.5, 0.6) is 0 Å². The van der Waals surface area contributed by atoms with Gasteiger partial charge in [-0.15, -0.1) is 12.4 Å². The van der Waals surface area contributed by atoms with Crippen LogP contribution in [0.1, 0.15) is 11.6 Å². The lowest BCUT2D eigenvalue weighted by atomic mass is 10.2. The van der Waals surface area contributed by atoms with Gasteiger partial charge in [0.25, 0.3) is 0 Å². The molecule has 0 spiro atoms. The van der Waals surface area contributed by atoms with Gasteiger partial charge in [-0.05, 0) is 22.4 Å². The Balaban J connectivity index is 0.000000810. The van der Waals surface area contributed by atoms with Crippen LogP contribution in [0.15, 0.2) is 16.8 Å². The van der Waals surface area contributed by atoms with Gasteiger partial charge in [0.1, 0.15) is 6.04 Å². The van der Waals surface area contributed by atoms with E-state index in [1.807, 2.05) is 22.9 Å². The van der Waals surface area contributed by atoms with Gasteiger partial charge in [-0.25, -0.2) is 0 Å². The number of nitriles is 1. The van der Waals surface area contributed by atoms with Crippen molar-refractivity contribution >= 4 is 23.7 Å². The highest BCUT2D eigenvalue weighted by molar-refractivity contribution is 7.07. The summed E-state index contributed by atoms with van der Waals surface area (Å²) < 4.78 is 0. The van der Waals surface area contributed by atoms with E-state index in [1.165, 1.54) is 0 Å². The Hall–Kier alpha value is -0.560. The summed E-state index contributed by atoms with van der Waals surface area (Å²) in [4.78, 5) is 0. The van der Waals surface area contributed by atoms with Crippen LogP contribution in [-0.2, 0) is 0 Å². The number of hydrogen-bond donors (Lipinski definition) is 1. The Morgan fingerprint density at radius 3 is 2.80 bits per heavy atom. The zero-order valence-corrected chi connectivity index (χ0v) is 6.78. The lowest BCUT2D eigenvalue weighted by molar-refractivity contribution is 0.933. The largest absolute Gasteiger partial charge is 0.312 e. The van der Waals surface area contributed by atoms with E-state index in [2.05, 4.69) is 0 Å². The lowest BCUT2D eigenvalue weighted by Crippen LogP contribution is -2.04. The first-order valence-electron chi connectivity index (χ1n) is 2.52. The van der Waals surface area contributed by atoms with E-state index in [1.54, 1.807) is 11.3 Å². The summed E-state index contributed by atoms with van der Waals surface area (Å²) in [7, 11) is 0. The van der Waals surface area contributed by atoms with Crippen molar-refractivity contribution in [3.63, 3.8) is 0 Å². The first-order valence-corrected chi connectivity index (χ1v) is 3.46. The third kappa shape index (κ3) is 1.99. The van der Waals surface area contributed by atoms with E-state index in [0.717, 1.165) is 5.56 Å². The van der Waals surface area contributed by atoms with Gasteiger partial charge < -0.3 is 5.73 Å². The summed E-state index contributed by atoms with van der Waals surface area (Å²) in [5.74, 6) is 0. The van der Waals surface area contributed by atoms with Crippen LogP contribution in [0.2, 0.25) is 0 Å². The van der Waals surface area contributed by atoms with Crippen molar-refractivity contribution in [1.82, 2.24) is 0 Å². The first kappa shape index (κ1) is 9.44. The van der Waals surface area contributed by atoms with Crippen LogP contribution < -0.4 is 5.73 Å². The van der Waals surface area contributed by atoms with Gasteiger partial charge >= 0.3 is 0 Å². The van der Waals surface area contributed by atoms with Crippen LogP contribution in [0, 0.1) is 11.3 Å². The molecule has 0 saturated carbocycles. The average molecular weight is 175 g/mol. The van der Waals surface area contributed by atoms with Gasteiger partial charge in [0.05, 0.1) is 6.07 Å². The molecule has 0 aliphatic carbocycles. The molecule has 1 unspecified atom stereocenters. The van der Waals surface area contributed by atoms with Crippen molar-refractivity contribution in [2.24, 2.45) is 5.73 Å². The lowest BCUT2D eigenvalue weighted by Gasteiger charge is -1.93. The molecule has 0 amide bonds. The maximum Gasteiger partial charge on any atom is 0.119 e. The Morgan fingerprint density at radius 2 is 2.40 bits per heavy atom. The smallest absolute Gasteiger partial charge is 0.119 e. The third-order valence-corrected chi connectivity index (χ3v) is 1.74. The van der Waals surface area contributed by atoms with Gasteiger partial charge in [0.15, 0.2) is 0 Å². The van der Waals surface area contributed by atoms with Crippen molar-refractivity contribution in [3.8, 4) is 6.07 Å². The molecule has 1 aromatic heterocycles. The summed E-state index contributed by atoms with van der Waals surface area (Å²) in [6.07, 6.45) is 0. The number of hydrogen-bond acceptors (Lipinski definition) is 3. The van der Waals surface area contributed by atoms with E-state index in [9.17, 15) is 0 Å². The molecular formula is C6H7ClN2S. The van der Waals surface area contributed by atoms with Gasteiger partial charge in [-0.1, -0.05) is 0 Å². The van der Waals surface area contributed by atoms with E-state index in [4.69, 9.17) is 11.0 Å². The fourth-order valence-electron chi connectivity index (χ4n) is 0.526. The molecule has 0 saturated heterocycles. The zero-order chi connectivity index (χ0) is 6.69. The van der Waals surface area contributed by atoms with Crippen LogP contribution >= 0.6 is 23.7 Å². The molecule has 1 aromatic rings. The molecule has 2 nitrogen and oxygen atoms in total. The van der Waals surface area contributed by atoms with E-state index in [-0.39, 0.29) is 12.4 Å². The molecule has 54 valence electrons. The fraction of sp³-hybridized carbons (Fsp3) is 0.167. The quantitative estimate of drug-likeness (QED) is 0.705. The molecule has 1 rings (SSSR count). The predicted octanol–water partition coefficient (Wildman–Crippen LogP) is 1.69. The molecule has 0 aliphatic heterocycles. The molecular weight excluding hydrogens is 168 g/mol. The maximum atomic E-state index is 8.34. The van der Waals surface area contributed by atoms with Gasteiger partial charge in [-0.3, -0.25) is 0 Å². The number of halogens is 1. The normalized spacial score (nSPS) is 11.2. The summed E-state index contributed by atoms with van der Waals surface area (Å²) in [5, 5.41) is 12.1. The van der Waals surface area contributed by atoms with Crippen molar-refractivity contribution in [1.29, 1.82) is 5.26 Å². The third-order valence-electron chi connectivity index (χ3n) is 1.04. The van der Waals surface area contributed by atoms with Crippen molar-refractivity contribution < 1.29 is 0 Å². The van der Waals surface area contributed by atoms with Crippen molar-refractivity contribution in [2.75, 3.05) is 0 Å². The maximum absolute atomic E-state index is 8.34. The van der Waals surface area contributed by atoms with Gasteiger partial charge in [0, 0.05) is 0 Å². The molecule has 0 aromatic carbocycles. The predicted molar refractivity (Wildman–Crippen MR) is 44.1 cm³/mol. The minimum Gasteiger partial charge on any atom is -0.312 e. The number of nitrogens with zero attached hydrogens (tertiary/aromatic N) is 1. The standard InChI is InChI=1S/C6H6N2S.ClH/c7-3-6(8)5-1-2-9-4-5;/h1-2,4,6H,8H2;1H. The summed E-state index contributed by atoms with van der Waals surface area (Å²) in [6.45, 7) is 0. The molecule has 0 bridgehead atoms. The van der Waals surface area contributed by atoms with Crippen molar-refractivity contribution in [3.05, 3.63) is 22.4 Å². The van der Waals surface area contributed by atoms with Gasteiger partial charge in [0.2, 0.25) is 0 Å². The van der Waals surface area contributed by atoms with Crippen LogP contribution in [0.4, 0.5) is 0 Å². The Morgan fingerprint density at radius 1 is 1.70 bits per heavy atom. The van der Waals surface area contributed by atoms with E-state index < -0.39 is 6.04 Å². The Bertz CT molecular complexity index is 214. The fourth-order valence-corrected chi connectivity index (χ4v) is 1.22. The number of thiophene rings is 1. The molecule has 0 fully saturated rings.